The van der Waals surface area contributed by atoms with Crippen molar-refractivity contribution in [2.75, 3.05) is 18.1 Å². The molecular weight excluding hydrogens is 342 g/mol. The maximum Gasteiger partial charge on any atom is 0.245 e. The average molecular weight is 365 g/mol. The van der Waals surface area contributed by atoms with Crippen LogP contribution < -0.4 is 15.1 Å². The molecule has 0 bridgehead atoms. The Morgan fingerprint density at radius 3 is 2.59 bits per heavy atom. The summed E-state index contributed by atoms with van der Waals surface area (Å²) in [6, 6.07) is 15.1. The van der Waals surface area contributed by atoms with Gasteiger partial charge in [-0.05, 0) is 55.8 Å². The zero-order chi connectivity index (χ0) is 19.2. The molecule has 0 aliphatic carbocycles. The Labute approximate surface area is 158 Å². The summed E-state index contributed by atoms with van der Waals surface area (Å²) in [4.78, 5) is 26.2. The molecular formula is C21H23N3O3. The molecule has 1 fully saturated rings. The molecule has 1 N–H and O–H groups in total. The van der Waals surface area contributed by atoms with Crippen molar-refractivity contribution < 1.29 is 14.3 Å². The molecule has 2 amide bonds. The summed E-state index contributed by atoms with van der Waals surface area (Å²) >= 11 is 0. The molecule has 2 aromatic carbocycles. The van der Waals surface area contributed by atoms with Crippen molar-refractivity contribution in [1.82, 2.24) is 5.43 Å². The van der Waals surface area contributed by atoms with Crippen molar-refractivity contribution in [3.8, 4) is 5.75 Å². The third kappa shape index (κ3) is 4.73. The van der Waals surface area contributed by atoms with Crippen LogP contribution in [0, 0.1) is 12.8 Å². The molecule has 6 heteroatoms. The molecule has 27 heavy (non-hydrogen) atoms. The standard InChI is InChI=1S/C21H23N3O3/c1-3-27-19-10-6-16(7-11-19)13-22-23-21(26)17-12-20(25)24(14-17)18-8-4-15(2)5-9-18/h4-11,13,17H,3,12,14H2,1-2H3,(H,23,26)/b22-13-/t17-/m1/s1. The lowest BCUT2D eigenvalue weighted by Crippen LogP contribution is -2.30. The van der Waals surface area contributed by atoms with Crippen molar-refractivity contribution in [3.63, 3.8) is 0 Å². The summed E-state index contributed by atoms with van der Waals surface area (Å²) in [6.45, 7) is 4.91. The topological polar surface area (TPSA) is 71.0 Å². The van der Waals surface area contributed by atoms with Crippen molar-refractivity contribution in [2.24, 2.45) is 11.0 Å². The third-order valence-electron chi connectivity index (χ3n) is 4.42. The Hall–Kier alpha value is -3.15. The molecule has 1 atom stereocenters. The van der Waals surface area contributed by atoms with E-state index in [1.807, 2.05) is 62.4 Å². The van der Waals surface area contributed by atoms with Gasteiger partial charge in [-0.3, -0.25) is 9.59 Å². The van der Waals surface area contributed by atoms with Gasteiger partial charge < -0.3 is 9.64 Å². The van der Waals surface area contributed by atoms with E-state index < -0.39 is 5.92 Å². The fourth-order valence-electron chi connectivity index (χ4n) is 2.94. The van der Waals surface area contributed by atoms with E-state index in [1.54, 1.807) is 11.1 Å². The first-order valence-corrected chi connectivity index (χ1v) is 8.99. The number of carbonyl (C=O) groups is 2. The summed E-state index contributed by atoms with van der Waals surface area (Å²) in [6.07, 6.45) is 1.76. The van der Waals surface area contributed by atoms with E-state index in [9.17, 15) is 9.59 Å². The van der Waals surface area contributed by atoms with Gasteiger partial charge in [0.05, 0.1) is 18.7 Å². The first kappa shape index (κ1) is 18.6. The second kappa shape index (κ2) is 8.49. The molecule has 140 valence electrons. The van der Waals surface area contributed by atoms with Crippen molar-refractivity contribution in [2.45, 2.75) is 20.3 Å². The van der Waals surface area contributed by atoms with Gasteiger partial charge in [0, 0.05) is 18.7 Å². The smallest absolute Gasteiger partial charge is 0.245 e. The highest BCUT2D eigenvalue weighted by atomic mass is 16.5. The number of nitrogens with zero attached hydrogens (tertiary/aromatic N) is 2. The summed E-state index contributed by atoms with van der Waals surface area (Å²) in [7, 11) is 0. The summed E-state index contributed by atoms with van der Waals surface area (Å²) < 4.78 is 5.38. The Bertz CT molecular complexity index is 829. The minimum Gasteiger partial charge on any atom is -0.494 e. The molecule has 3 rings (SSSR count). The molecule has 0 saturated carbocycles. The molecule has 1 heterocycles. The minimum atomic E-state index is -0.406. The molecule has 0 aromatic heterocycles. The number of nitrogens with one attached hydrogen (secondary N) is 1. The molecule has 1 aliphatic rings. The van der Waals surface area contributed by atoms with E-state index in [0.29, 0.717) is 13.2 Å². The first-order valence-electron chi connectivity index (χ1n) is 8.99. The Morgan fingerprint density at radius 1 is 1.22 bits per heavy atom. The van der Waals surface area contributed by atoms with Gasteiger partial charge in [-0.2, -0.15) is 5.10 Å². The molecule has 0 spiro atoms. The van der Waals surface area contributed by atoms with Crippen LogP contribution in [0.5, 0.6) is 5.75 Å². The fraction of sp³-hybridized carbons (Fsp3) is 0.286. The lowest BCUT2D eigenvalue weighted by molar-refractivity contribution is -0.126. The number of amides is 2. The fourth-order valence-corrected chi connectivity index (χ4v) is 2.94. The molecule has 0 unspecified atom stereocenters. The van der Waals surface area contributed by atoms with Crippen LogP contribution >= 0.6 is 0 Å². The number of hydrogen-bond acceptors (Lipinski definition) is 4. The van der Waals surface area contributed by atoms with Crippen molar-refractivity contribution in [3.05, 3.63) is 59.7 Å². The summed E-state index contributed by atoms with van der Waals surface area (Å²) in [5.41, 5.74) is 5.33. The number of rotatable bonds is 6. The maximum absolute atomic E-state index is 12.3. The second-order valence-electron chi connectivity index (χ2n) is 6.48. The zero-order valence-electron chi connectivity index (χ0n) is 15.5. The van der Waals surface area contributed by atoms with E-state index in [-0.39, 0.29) is 18.2 Å². The van der Waals surface area contributed by atoms with E-state index in [4.69, 9.17) is 4.74 Å². The van der Waals surface area contributed by atoms with Gasteiger partial charge in [-0.1, -0.05) is 17.7 Å². The highest BCUT2D eigenvalue weighted by Gasteiger charge is 2.35. The van der Waals surface area contributed by atoms with Crippen LogP contribution in [0.25, 0.3) is 0 Å². The summed E-state index contributed by atoms with van der Waals surface area (Å²) in [5.74, 6) is 0.0882. The number of anilines is 1. The molecule has 6 nitrogen and oxygen atoms in total. The minimum absolute atomic E-state index is 0.0468. The largest absolute Gasteiger partial charge is 0.494 e. The molecule has 0 radical (unpaired) electrons. The highest BCUT2D eigenvalue weighted by Crippen LogP contribution is 2.25. The monoisotopic (exact) mass is 365 g/mol. The van der Waals surface area contributed by atoms with E-state index in [1.165, 1.54) is 0 Å². The lowest BCUT2D eigenvalue weighted by Gasteiger charge is -2.16. The van der Waals surface area contributed by atoms with Crippen molar-refractivity contribution >= 4 is 23.7 Å². The van der Waals surface area contributed by atoms with E-state index in [0.717, 1.165) is 22.6 Å². The van der Waals surface area contributed by atoms with Crippen LogP contribution in [0.4, 0.5) is 5.69 Å². The number of aryl methyl sites for hydroxylation is 1. The number of hydrazone groups is 1. The van der Waals surface area contributed by atoms with Crippen LogP contribution in [0.1, 0.15) is 24.5 Å². The first-order chi connectivity index (χ1) is 13.1. The third-order valence-corrected chi connectivity index (χ3v) is 4.42. The maximum atomic E-state index is 12.3. The van der Waals surface area contributed by atoms with Gasteiger partial charge in [0.15, 0.2) is 0 Å². The number of benzene rings is 2. The summed E-state index contributed by atoms with van der Waals surface area (Å²) in [5, 5.41) is 4.00. The van der Waals surface area contributed by atoms with Crippen molar-refractivity contribution in [1.29, 1.82) is 0 Å². The number of ether oxygens (including phenoxy) is 1. The molecule has 1 aliphatic heterocycles. The molecule has 2 aromatic rings. The van der Waals surface area contributed by atoms with E-state index in [2.05, 4.69) is 10.5 Å². The van der Waals surface area contributed by atoms with Gasteiger partial charge in [-0.15, -0.1) is 0 Å². The predicted octanol–water partition coefficient (Wildman–Crippen LogP) is 2.90. The van der Waals surface area contributed by atoms with Crippen LogP contribution in [0.15, 0.2) is 53.6 Å². The second-order valence-corrected chi connectivity index (χ2v) is 6.48. The number of carbonyl (C=O) groups excluding carboxylic acids is 2. The van der Waals surface area contributed by atoms with Crippen LogP contribution in [0.2, 0.25) is 0 Å². The average Bonchev–Trinajstić information content (AvgIpc) is 3.06. The van der Waals surface area contributed by atoms with Gasteiger partial charge in [-0.25, -0.2) is 5.43 Å². The van der Waals surface area contributed by atoms with Crippen LogP contribution in [-0.2, 0) is 9.59 Å². The number of hydrogen-bond donors (Lipinski definition) is 1. The van der Waals surface area contributed by atoms with Crippen LogP contribution in [-0.4, -0.2) is 31.2 Å². The lowest BCUT2D eigenvalue weighted by atomic mass is 10.1. The van der Waals surface area contributed by atoms with Gasteiger partial charge in [0.2, 0.25) is 11.8 Å². The predicted molar refractivity (Wildman–Crippen MR) is 105 cm³/mol. The normalized spacial score (nSPS) is 16.7. The highest BCUT2D eigenvalue weighted by molar-refractivity contribution is 6.00. The quantitative estimate of drug-likeness (QED) is 0.632. The van der Waals surface area contributed by atoms with Gasteiger partial charge in [0.1, 0.15) is 5.75 Å². The Balaban J connectivity index is 1.55. The SMILES string of the molecule is CCOc1ccc(/C=N\NC(=O)[C@@H]2CC(=O)N(c3ccc(C)cc3)C2)cc1. The van der Waals surface area contributed by atoms with Gasteiger partial charge >= 0.3 is 0 Å². The van der Waals surface area contributed by atoms with Gasteiger partial charge in [0.25, 0.3) is 0 Å². The molecule has 1 saturated heterocycles. The van der Waals surface area contributed by atoms with E-state index >= 15 is 0 Å². The zero-order valence-corrected chi connectivity index (χ0v) is 15.5. The van der Waals surface area contributed by atoms with Crippen LogP contribution in [0.3, 0.4) is 0 Å². The Kier molecular flexibility index (Phi) is 5.86. The Morgan fingerprint density at radius 2 is 1.93 bits per heavy atom.